The minimum absolute atomic E-state index is 0.0548. The third kappa shape index (κ3) is 4.36. The highest BCUT2D eigenvalue weighted by Crippen LogP contribution is 2.22. The Bertz CT molecular complexity index is 656. The summed E-state index contributed by atoms with van der Waals surface area (Å²) in [5.74, 6) is -0.0907. The lowest BCUT2D eigenvalue weighted by atomic mass is 10.0. The molecule has 2 heterocycles. The second-order valence-corrected chi connectivity index (χ2v) is 7.98. The van der Waals surface area contributed by atoms with Crippen molar-refractivity contribution in [2.45, 2.75) is 51.6 Å². The Morgan fingerprint density at radius 1 is 1.15 bits per heavy atom. The molecule has 0 spiro atoms. The Morgan fingerprint density at radius 2 is 1.88 bits per heavy atom. The lowest BCUT2D eigenvalue weighted by Crippen LogP contribution is -2.53. The van der Waals surface area contributed by atoms with Crippen molar-refractivity contribution in [1.29, 1.82) is 0 Å². The van der Waals surface area contributed by atoms with Gasteiger partial charge in [-0.3, -0.25) is 9.69 Å². The summed E-state index contributed by atoms with van der Waals surface area (Å²) in [5.41, 5.74) is 1.09. The Morgan fingerprint density at radius 3 is 2.58 bits per heavy atom. The van der Waals surface area contributed by atoms with Crippen LogP contribution in [0.2, 0.25) is 0 Å². The number of hydrogen-bond acceptors (Lipinski definition) is 3. The van der Waals surface area contributed by atoms with E-state index >= 15 is 0 Å². The van der Waals surface area contributed by atoms with Crippen molar-refractivity contribution < 1.29 is 9.59 Å². The van der Waals surface area contributed by atoms with Gasteiger partial charge in [0.1, 0.15) is 0 Å². The molecular formula is C20H30N4O2. The lowest BCUT2D eigenvalue weighted by molar-refractivity contribution is 0.0911. The van der Waals surface area contributed by atoms with Crippen molar-refractivity contribution in [1.82, 2.24) is 15.1 Å². The molecule has 1 atom stereocenters. The summed E-state index contributed by atoms with van der Waals surface area (Å²) in [7, 11) is 0. The molecule has 1 aromatic rings. The summed E-state index contributed by atoms with van der Waals surface area (Å²) in [5, 5.41) is 5.97. The number of fused-ring (bicyclic) bond motifs is 1. The van der Waals surface area contributed by atoms with Crippen LogP contribution < -0.4 is 10.6 Å². The predicted octanol–water partition coefficient (Wildman–Crippen LogP) is 2.92. The van der Waals surface area contributed by atoms with Gasteiger partial charge in [-0.25, -0.2) is 4.79 Å². The first-order valence-electron chi connectivity index (χ1n) is 9.60. The van der Waals surface area contributed by atoms with Gasteiger partial charge >= 0.3 is 6.03 Å². The minimum atomic E-state index is -0.230. The topological polar surface area (TPSA) is 64.7 Å². The average molecular weight is 358 g/mol. The lowest BCUT2D eigenvalue weighted by Gasteiger charge is -2.37. The molecule has 2 fully saturated rings. The first kappa shape index (κ1) is 18.7. The molecule has 2 aliphatic rings. The van der Waals surface area contributed by atoms with Gasteiger partial charge in [0.2, 0.25) is 0 Å². The van der Waals surface area contributed by atoms with E-state index in [-0.39, 0.29) is 17.5 Å². The molecule has 2 saturated heterocycles. The molecule has 1 aromatic carbocycles. The second kappa shape index (κ2) is 7.66. The van der Waals surface area contributed by atoms with E-state index in [0.29, 0.717) is 11.6 Å². The zero-order valence-electron chi connectivity index (χ0n) is 16.0. The first-order valence-corrected chi connectivity index (χ1v) is 9.60. The van der Waals surface area contributed by atoms with Crippen LogP contribution in [0.25, 0.3) is 0 Å². The highest BCUT2D eigenvalue weighted by molar-refractivity contribution is 5.96. The van der Waals surface area contributed by atoms with E-state index in [9.17, 15) is 9.59 Å². The maximum Gasteiger partial charge on any atom is 0.321 e. The number of nitrogens with zero attached hydrogens (tertiary/aromatic N) is 2. The Hall–Kier alpha value is -2.08. The molecule has 3 rings (SSSR count). The molecule has 142 valence electrons. The summed E-state index contributed by atoms with van der Waals surface area (Å²) < 4.78 is 0. The van der Waals surface area contributed by atoms with Crippen molar-refractivity contribution in [2.75, 3.05) is 31.5 Å². The van der Waals surface area contributed by atoms with Gasteiger partial charge in [-0.05, 0) is 63.9 Å². The number of anilines is 1. The zero-order chi connectivity index (χ0) is 18.7. The smallest absolute Gasteiger partial charge is 0.321 e. The van der Waals surface area contributed by atoms with Crippen molar-refractivity contribution in [2.24, 2.45) is 0 Å². The number of benzene rings is 1. The zero-order valence-corrected chi connectivity index (χ0v) is 16.0. The molecule has 3 amide bonds. The number of rotatable bonds is 4. The monoisotopic (exact) mass is 358 g/mol. The van der Waals surface area contributed by atoms with Crippen LogP contribution in [-0.2, 0) is 0 Å². The number of carbonyl (C=O) groups is 2. The van der Waals surface area contributed by atoms with E-state index in [2.05, 4.69) is 15.5 Å². The Kier molecular flexibility index (Phi) is 5.51. The number of nitrogens with one attached hydrogen (secondary N) is 2. The third-order valence-electron chi connectivity index (χ3n) is 5.61. The standard InChI is InChI=1S/C20H30N4O2/c1-4-20(2,3)22-18(25)15-7-9-16(10-8-15)21-19(26)24-13-12-23-11-5-6-17(23)14-24/h7-10,17H,4-6,11-14H2,1-3H3,(H,21,26)(H,22,25). The van der Waals surface area contributed by atoms with Crippen LogP contribution in [-0.4, -0.2) is 59.5 Å². The minimum Gasteiger partial charge on any atom is -0.347 e. The van der Waals surface area contributed by atoms with Crippen molar-refractivity contribution in [3.8, 4) is 0 Å². The maximum absolute atomic E-state index is 12.5. The summed E-state index contributed by atoms with van der Waals surface area (Å²) in [6.45, 7) is 9.76. The van der Waals surface area contributed by atoms with E-state index in [1.54, 1.807) is 24.3 Å². The van der Waals surface area contributed by atoms with Crippen LogP contribution in [0, 0.1) is 0 Å². The molecular weight excluding hydrogens is 328 g/mol. The Labute approximate surface area is 155 Å². The van der Waals surface area contributed by atoms with Crippen LogP contribution in [0.15, 0.2) is 24.3 Å². The number of piperazine rings is 1. The number of urea groups is 1. The van der Waals surface area contributed by atoms with Crippen LogP contribution >= 0.6 is 0 Å². The molecule has 6 nitrogen and oxygen atoms in total. The van der Waals surface area contributed by atoms with Crippen LogP contribution in [0.4, 0.5) is 10.5 Å². The van der Waals surface area contributed by atoms with Crippen molar-refractivity contribution in [3.05, 3.63) is 29.8 Å². The molecule has 2 N–H and O–H groups in total. The van der Waals surface area contributed by atoms with Crippen LogP contribution in [0.5, 0.6) is 0 Å². The average Bonchev–Trinajstić information content (AvgIpc) is 3.09. The molecule has 0 aliphatic carbocycles. The number of carbonyl (C=O) groups excluding carboxylic acids is 2. The van der Waals surface area contributed by atoms with Crippen molar-refractivity contribution >= 4 is 17.6 Å². The van der Waals surface area contributed by atoms with Gasteiger partial charge in [0.15, 0.2) is 0 Å². The maximum atomic E-state index is 12.5. The van der Waals surface area contributed by atoms with Gasteiger partial charge in [-0.15, -0.1) is 0 Å². The fourth-order valence-electron chi connectivity index (χ4n) is 3.55. The van der Waals surface area contributed by atoms with Gasteiger partial charge in [-0.1, -0.05) is 6.92 Å². The van der Waals surface area contributed by atoms with E-state index < -0.39 is 0 Å². The van der Waals surface area contributed by atoms with Crippen LogP contribution in [0.3, 0.4) is 0 Å². The van der Waals surface area contributed by atoms with E-state index in [4.69, 9.17) is 0 Å². The van der Waals surface area contributed by atoms with Gasteiger partial charge in [0.05, 0.1) is 0 Å². The summed E-state index contributed by atoms with van der Waals surface area (Å²) in [6.07, 6.45) is 3.28. The quantitative estimate of drug-likeness (QED) is 0.870. The first-order chi connectivity index (χ1) is 12.4. The van der Waals surface area contributed by atoms with Gasteiger partial charge in [0.25, 0.3) is 5.91 Å². The molecule has 0 saturated carbocycles. The normalized spacial score (nSPS) is 20.6. The van der Waals surface area contributed by atoms with Gasteiger partial charge in [-0.2, -0.15) is 0 Å². The highest BCUT2D eigenvalue weighted by atomic mass is 16.2. The highest BCUT2D eigenvalue weighted by Gasteiger charge is 2.32. The van der Waals surface area contributed by atoms with Crippen molar-refractivity contribution in [3.63, 3.8) is 0 Å². The SMILES string of the molecule is CCC(C)(C)NC(=O)c1ccc(NC(=O)N2CCN3CCCC3C2)cc1. The molecule has 0 aromatic heterocycles. The van der Waals surface area contributed by atoms with Gasteiger partial charge < -0.3 is 15.5 Å². The van der Waals surface area contributed by atoms with E-state index in [0.717, 1.165) is 31.7 Å². The largest absolute Gasteiger partial charge is 0.347 e. The molecule has 2 aliphatic heterocycles. The number of hydrogen-bond donors (Lipinski definition) is 2. The molecule has 6 heteroatoms. The molecule has 0 bridgehead atoms. The van der Waals surface area contributed by atoms with Crippen LogP contribution in [0.1, 0.15) is 50.4 Å². The predicted molar refractivity (Wildman–Crippen MR) is 103 cm³/mol. The molecule has 1 unspecified atom stereocenters. The summed E-state index contributed by atoms with van der Waals surface area (Å²) >= 11 is 0. The van der Waals surface area contributed by atoms with E-state index in [1.807, 2.05) is 25.7 Å². The van der Waals surface area contributed by atoms with Gasteiger partial charge in [0, 0.05) is 42.5 Å². The Balaban J connectivity index is 1.55. The molecule has 26 heavy (non-hydrogen) atoms. The summed E-state index contributed by atoms with van der Waals surface area (Å²) in [6, 6.07) is 7.55. The number of amides is 3. The fraction of sp³-hybridized carbons (Fsp3) is 0.600. The van der Waals surface area contributed by atoms with E-state index in [1.165, 1.54) is 19.4 Å². The summed E-state index contributed by atoms with van der Waals surface area (Å²) in [4.78, 5) is 29.2. The second-order valence-electron chi connectivity index (χ2n) is 7.98. The fourth-order valence-corrected chi connectivity index (χ4v) is 3.55. The third-order valence-corrected chi connectivity index (χ3v) is 5.61. The molecule has 0 radical (unpaired) electrons.